The first-order valence-electron chi connectivity index (χ1n) is 5.69. The number of nitrogens with one attached hydrogen (secondary N) is 1. The van der Waals surface area contributed by atoms with E-state index < -0.39 is 6.04 Å². The Labute approximate surface area is 109 Å². The van der Waals surface area contributed by atoms with Gasteiger partial charge in [-0.15, -0.1) is 12.4 Å². The van der Waals surface area contributed by atoms with Gasteiger partial charge >= 0.3 is 0 Å². The molecule has 0 radical (unpaired) electrons. The summed E-state index contributed by atoms with van der Waals surface area (Å²) >= 11 is 0. The van der Waals surface area contributed by atoms with Crippen LogP contribution >= 0.6 is 12.4 Å². The Morgan fingerprint density at radius 1 is 1.29 bits per heavy atom. The summed E-state index contributed by atoms with van der Waals surface area (Å²) in [7, 11) is 0. The van der Waals surface area contributed by atoms with E-state index in [2.05, 4.69) is 24.4 Å². The summed E-state index contributed by atoms with van der Waals surface area (Å²) in [5.41, 5.74) is 7.90. The Bertz CT molecular complexity index is 349. The molecule has 1 aromatic rings. The molecule has 1 unspecified atom stereocenters. The Morgan fingerprint density at radius 2 is 1.82 bits per heavy atom. The summed E-state index contributed by atoms with van der Waals surface area (Å²) in [4.78, 5) is 11.4. The average Bonchev–Trinajstić information content (AvgIpc) is 2.28. The van der Waals surface area contributed by atoms with Crippen LogP contribution in [-0.2, 0) is 11.2 Å². The van der Waals surface area contributed by atoms with E-state index in [1.54, 1.807) is 6.92 Å². The van der Waals surface area contributed by atoms with Gasteiger partial charge in [0.1, 0.15) is 0 Å². The van der Waals surface area contributed by atoms with E-state index >= 15 is 0 Å². The Balaban J connectivity index is 0.00000256. The third-order valence-electron chi connectivity index (χ3n) is 2.66. The Hall–Kier alpha value is -1.06. The van der Waals surface area contributed by atoms with Gasteiger partial charge in [-0.2, -0.15) is 0 Å². The van der Waals surface area contributed by atoms with Crippen molar-refractivity contribution in [2.75, 3.05) is 0 Å². The van der Waals surface area contributed by atoms with Gasteiger partial charge in [0.15, 0.2) is 0 Å². The molecule has 17 heavy (non-hydrogen) atoms. The molecule has 96 valence electrons. The Morgan fingerprint density at radius 3 is 2.24 bits per heavy atom. The third kappa shape index (κ3) is 4.75. The first-order chi connectivity index (χ1) is 7.54. The fraction of sp³-hybridized carbons (Fsp3) is 0.462. The molecular formula is C13H21ClN2O. The van der Waals surface area contributed by atoms with Crippen LogP contribution < -0.4 is 11.1 Å². The molecule has 0 aliphatic rings. The zero-order chi connectivity index (χ0) is 12.1. The summed E-state index contributed by atoms with van der Waals surface area (Å²) in [6, 6.07) is 7.81. The fourth-order valence-corrected chi connectivity index (χ4v) is 1.47. The predicted octanol–water partition coefficient (Wildman–Crippen LogP) is 2.20. The number of aryl methyl sites for hydroxylation is 1. The van der Waals surface area contributed by atoms with Crippen LogP contribution in [-0.4, -0.2) is 11.9 Å². The number of benzene rings is 1. The standard InChI is InChI=1S/C13H20N2O.ClH/c1-4-11-5-7-12(8-6-11)10(3)15-13(16)9(2)14;/h5-10H,4,14H2,1-3H3,(H,15,16);1H/t9-,10?;/m0./s1. The van der Waals surface area contributed by atoms with Gasteiger partial charge in [-0.05, 0) is 31.4 Å². The van der Waals surface area contributed by atoms with Crippen LogP contribution in [0.2, 0.25) is 0 Å². The Kier molecular flexibility index (Phi) is 6.85. The minimum Gasteiger partial charge on any atom is -0.348 e. The molecule has 1 rings (SSSR count). The highest BCUT2D eigenvalue weighted by Gasteiger charge is 2.12. The molecule has 3 N–H and O–H groups in total. The van der Waals surface area contributed by atoms with Crippen LogP contribution in [0.25, 0.3) is 0 Å². The fourth-order valence-electron chi connectivity index (χ4n) is 1.47. The van der Waals surface area contributed by atoms with Crippen molar-refractivity contribution in [2.45, 2.75) is 39.3 Å². The molecule has 2 atom stereocenters. The highest BCUT2D eigenvalue weighted by Crippen LogP contribution is 2.13. The molecule has 1 amide bonds. The number of hydrogen-bond donors (Lipinski definition) is 2. The van der Waals surface area contributed by atoms with E-state index in [0.717, 1.165) is 12.0 Å². The van der Waals surface area contributed by atoms with Gasteiger partial charge in [0.25, 0.3) is 0 Å². The second-order valence-electron chi connectivity index (χ2n) is 4.11. The maximum Gasteiger partial charge on any atom is 0.237 e. The van der Waals surface area contributed by atoms with Gasteiger partial charge in [0, 0.05) is 0 Å². The number of amides is 1. The predicted molar refractivity (Wildman–Crippen MR) is 73.3 cm³/mol. The van der Waals surface area contributed by atoms with E-state index in [4.69, 9.17) is 5.73 Å². The number of carbonyl (C=O) groups excluding carboxylic acids is 1. The topological polar surface area (TPSA) is 55.1 Å². The molecule has 0 aliphatic carbocycles. The summed E-state index contributed by atoms with van der Waals surface area (Å²) in [6.07, 6.45) is 1.03. The summed E-state index contributed by atoms with van der Waals surface area (Å²) in [6.45, 7) is 5.76. The van der Waals surface area contributed by atoms with Gasteiger partial charge < -0.3 is 11.1 Å². The summed E-state index contributed by atoms with van der Waals surface area (Å²) in [5.74, 6) is -0.118. The number of hydrogen-bond acceptors (Lipinski definition) is 2. The van der Waals surface area contributed by atoms with Crippen molar-refractivity contribution in [2.24, 2.45) is 5.73 Å². The first-order valence-corrected chi connectivity index (χ1v) is 5.69. The smallest absolute Gasteiger partial charge is 0.237 e. The van der Waals surface area contributed by atoms with Crippen LogP contribution in [0.3, 0.4) is 0 Å². The lowest BCUT2D eigenvalue weighted by atomic mass is 10.0. The molecule has 0 spiro atoms. The summed E-state index contributed by atoms with van der Waals surface area (Å²) < 4.78 is 0. The van der Waals surface area contributed by atoms with E-state index in [-0.39, 0.29) is 24.4 Å². The largest absolute Gasteiger partial charge is 0.348 e. The van der Waals surface area contributed by atoms with Gasteiger partial charge in [0.2, 0.25) is 5.91 Å². The minimum absolute atomic E-state index is 0. The van der Waals surface area contributed by atoms with Crippen LogP contribution in [0.15, 0.2) is 24.3 Å². The van der Waals surface area contributed by atoms with E-state index in [1.807, 2.05) is 19.1 Å². The molecule has 0 saturated heterocycles. The molecule has 0 heterocycles. The molecule has 0 aromatic heterocycles. The van der Waals surface area contributed by atoms with Crippen molar-refractivity contribution in [3.63, 3.8) is 0 Å². The normalized spacial score (nSPS) is 13.4. The number of nitrogens with two attached hydrogens (primary N) is 1. The second kappa shape index (κ2) is 7.30. The maximum atomic E-state index is 11.4. The molecule has 0 fully saturated rings. The third-order valence-corrected chi connectivity index (χ3v) is 2.66. The second-order valence-corrected chi connectivity index (χ2v) is 4.11. The number of rotatable bonds is 4. The average molecular weight is 257 g/mol. The monoisotopic (exact) mass is 256 g/mol. The molecular weight excluding hydrogens is 236 g/mol. The van der Waals surface area contributed by atoms with Crippen molar-refractivity contribution in [1.82, 2.24) is 5.32 Å². The highest BCUT2D eigenvalue weighted by molar-refractivity contribution is 5.85. The molecule has 0 aliphatic heterocycles. The van der Waals surface area contributed by atoms with Crippen LogP contribution in [0.1, 0.15) is 37.9 Å². The van der Waals surface area contributed by atoms with Crippen LogP contribution in [0.5, 0.6) is 0 Å². The van der Waals surface area contributed by atoms with E-state index in [0.29, 0.717) is 0 Å². The molecule has 0 bridgehead atoms. The highest BCUT2D eigenvalue weighted by atomic mass is 35.5. The zero-order valence-corrected chi connectivity index (χ0v) is 11.4. The SMILES string of the molecule is CCc1ccc(C(C)NC(=O)[C@H](C)N)cc1.Cl. The maximum absolute atomic E-state index is 11.4. The summed E-state index contributed by atoms with van der Waals surface area (Å²) in [5, 5.41) is 2.87. The van der Waals surface area contributed by atoms with Gasteiger partial charge in [-0.25, -0.2) is 0 Å². The molecule has 3 nitrogen and oxygen atoms in total. The quantitative estimate of drug-likeness (QED) is 0.868. The molecule has 0 saturated carbocycles. The lowest BCUT2D eigenvalue weighted by Crippen LogP contribution is -2.39. The van der Waals surface area contributed by atoms with Crippen LogP contribution in [0.4, 0.5) is 0 Å². The van der Waals surface area contributed by atoms with Gasteiger partial charge in [0.05, 0.1) is 12.1 Å². The minimum atomic E-state index is -0.461. The van der Waals surface area contributed by atoms with Crippen LogP contribution in [0, 0.1) is 0 Å². The van der Waals surface area contributed by atoms with Crippen molar-refractivity contribution in [1.29, 1.82) is 0 Å². The number of carbonyl (C=O) groups is 1. The lowest BCUT2D eigenvalue weighted by molar-refractivity contribution is -0.122. The zero-order valence-electron chi connectivity index (χ0n) is 10.6. The lowest BCUT2D eigenvalue weighted by Gasteiger charge is -2.16. The van der Waals surface area contributed by atoms with Crippen molar-refractivity contribution >= 4 is 18.3 Å². The van der Waals surface area contributed by atoms with E-state index in [1.165, 1.54) is 5.56 Å². The van der Waals surface area contributed by atoms with Crippen molar-refractivity contribution in [3.05, 3.63) is 35.4 Å². The van der Waals surface area contributed by atoms with Crippen molar-refractivity contribution in [3.8, 4) is 0 Å². The van der Waals surface area contributed by atoms with Gasteiger partial charge in [-0.1, -0.05) is 31.2 Å². The first kappa shape index (κ1) is 15.9. The van der Waals surface area contributed by atoms with Crippen molar-refractivity contribution < 1.29 is 4.79 Å². The molecule has 1 aromatic carbocycles. The van der Waals surface area contributed by atoms with E-state index in [9.17, 15) is 4.79 Å². The van der Waals surface area contributed by atoms with Gasteiger partial charge in [-0.3, -0.25) is 4.79 Å². The molecule has 4 heteroatoms. The number of halogens is 1.